The van der Waals surface area contributed by atoms with Crippen LogP contribution in [0, 0.1) is 11.8 Å². The van der Waals surface area contributed by atoms with Gasteiger partial charge in [-0.3, -0.25) is 76.7 Å². The average molecular weight is 1430 g/mol. The molecule has 1 saturated heterocycles. The summed E-state index contributed by atoms with van der Waals surface area (Å²) < 4.78 is 38.1. The van der Waals surface area contributed by atoms with E-state index >= 15 is 0 Å². The quantitative estimate of drug-likeness (QED) is 0.0234. The van der Waals surface area contributed by atoms with E-state index in [-0.39, 0.29) is 50.1 Å². The minimum atomic E-state index is -5.25. The SMILES string of the molecule is CC(C)C[C@H](NC(=O)[C@H](Cc1ccc(OS(=O)(=O)[O-])cc1)NC(=O)[C@H](CCC(=O)O)NC(=O)[C@H](CCC(=O)O)NC(=O)[C@@H]1CCCN1C(=O)[C@H](CC(C)C)NC(=O)[C@H](CCC(=O)O)NC(=O)[C@H](CCC(=O)O)NC(=O)[C@H](Cc1ccccc1)NC(=O)[C@@H](N)CC(=O)O)C(=O)N[C@@H](C)C(=O)O. The van der Waals surface area contributed by atoms with Gasteiger partial charge in [0.2, 0.25) is 59.1 Å². The highest BCUT2D eigenvalue weighted by Crippen LogP contribution is 2.23. The third-order valence-electron chi connectivity index (χ3n) is 15.2. The van der Waals surface area contributed by atoms with Crippen molar-refractivity contribution >= 4 is 105 Å². The number of nitrogens with two attached hydrogens (primary N) is 1. The maximum atomic E-state index is 14.7. The highest BCUT2D eigenvalue weighted by Gasteiger charge is 2.41. The third kappa shape index (κ3) is 30.6. The van der Waals surface area contributed by atoms with Crippen molar-refractivity contribution in [2.24, 2.45) is 17.6 Å². The minimum absolute atomic E-state index is 0.0885. The Morgan fingerprint density at radius 3 is 1.24 bits per heavy atom. The molecule has 11 atom stereocenters. The fraction of sp³-hybridized carbons (Fsp3) is 0.548. The lowest BCUT2D eigenvalue weighted by Gasteiger charge is -2.31. The first-order chi connectivity index (χ1) is 46.7. The number of hydrogen-bond acceptors (Lipinski definition) is 21. The molecule has 1 aliphatic heterocycles. The van der Waals surface area contributed by atoms with E-state index in [9.17, 15) is 120 Å². The molecular formula is C62H86N11O26S-. The second-order valence-corrected chi connectivity index (χ2v) is 25.5. The first kappa shape index (κ1) is 83.9. The summed E-state index contributed by atoms with van der Waals surface area (Å²) >= 11 is 0. The van der Waals surface area contributed by atoms with Gasteiger partial charge >= 0.3 is 35.8 Å². The maximum absolute atomic E-state index is 14.7. The second-order valence-electron chi connectivity index (χ2n) is 24.5. The van der Waals surface area contributed by atoms with Crippen LogP contribution < -0.4 is 57.8 Å². The largest absolute Gasteiger partial charge is 0.716 e. The van der Waals surface area contributed by atoms with Crippen molar-refractivity contribution in [3.05, 3.63) is 65.7 Å². The van der Waals surface area contributed by atoms with E-state index in [4.69, 9.17) is 5.73 Å². The molecule has 0 aliphatic carbocycles. The lowest BCUT2D eigenvalue weighted by molar-refractivity contribution is -0.143. The van der Waals surface area contributed by atoms with Gasteiger partial charge < -0.3 is 97.9 Å². The van der Waals surface area contributed by atoms with Crippen molar-refractivity contribution in [2.75, 3.05) is 6.54 Å². The topological polar surface area (TPSA) is 598 Å². The van der Waals surface area contributed by atoms with Gasteiger partial charge in [0.05, 0.1) is 12.5 Å². The molecule has 1 aliphatic rings. The molecule has 1 fully saturated rings. The summed E-state index contributed by atoms with van der Waals surface area (Å²) in [5.74, 6) is -21.2. The van der Waals surface area contributed by atoms with Crippen molar-refractivity contribution in [3.8, 4) is 5.75 Å². The Bertz CT molecular complexity index is 3390. The molecule has 10 amide bonds. The van der Waals surface area contributed by atoms with Crippen molar-refractivity contribution < 1.29 is 125 Å². The van der Waals surface area contributed by atoms with Crippen LogP contribution in [0.3, 0.4) is 0 Å². The third-order valence-corrected chi connectivity index (χ3v) is 15.6. The van der Waals surface area contributed by atoms with Crippen LogP contribution in [0.15, 0.2) is 54.6 Å². The summed E-state index contributed by atoms with van der Waals surface area (Å²) in [5.41, 5.74) is 6.34. The van der Waals surface area contributed by atoms with Gasteiger partial charge in [-0.25, -0.2) is 8.42 Å². The number of aliphatic carboxylic acids is 6. The molecule has 17 N–H and O–H groups in total. The highest BCUT2D eigenvalue weighted by molar-refractivity contribution is 7.81. The molecule has 0 bridgehead atoms. The lowest BCUT2D eigenvalue weighted by Crippen LogP contribution is -2.61. The first-order valence-electron chi connectivity index (χ1n) is 31.6. The number of hydrogen-bond donors (Lipinski definition) is 16. The van der Waals surface area contributed by atoms with E-state index in [0.717, 1.165) is 24.0 Å². The number of carbonyl (C=O) groups excluding carboxylic acids is 10. The molecule has 1 heterocycles. The van der Waals surface area contributed by atoms with Gasteiger partial charge in [-0.2, -0.15) is 0 Å². The molecule has 100 heavy (non-hydrogen) atoms. The average Bonchev–Trinajstić information content (AvgIpc) is 1.57. The standard InChI is InChI=1S/C62H87N11O26S/c1-31(2)26-42(57(89)64-33(5)62(94)95)70-59(91)44(29-35-13-15-36(16-14-35)99-100(96,97)98)71-55(87)39(18-22-48(76)77)65-54(86)41(20-24-50(80)81)68-60(92)46-12-9-25-73(46)61(93)45(27-32(3)4)72-56(88)40(19-23-49(78)79)66-53(85)38(17-21-47(74)75)67-58(90)43(28-34-10-7-6-8-11-34)69-52(84)37(63)30-51(82)83/h6-8,10-11,13-16,31-33,37-46H,9,12,17-30,63H2,1-5H3,(H,64,89)(H,65,86)(H,66,85)(H,67,90)(H,68,92)(H,69,84)(H,70,91)(H,71,87)(H,72,88)(H,74,75)(H,76,77)(H,78,79)(H,80,81)(H,82,83)(H,94,95)(H,96,97,98)/p-1/t33-,37-,38-,39-,40-,41-,42-,43-,44-,45-,46-/m0/s1. The monoisotopic (exact) mass is 1430 g/mol. The molecule has 0 aromatic heterocycles. The van der Waals surface area contributed by atoms with Gasteiger partial charge in [0, 0.05) is 45.1 Å². The Hall–Kier alpha value is -10.4. The fourth-order valence-corrected chi connectivity index (χ4v) is 10.5. The summed E-state index contributed by atoms with van der Waals surface area (Å²) in [6.07, 6.45) is -7.89. The lowest BCUT2D eigenvalue weighted by atomic mass is 10.00. The molecule has 0 unspecified atom stereocenters. The molecule has 38 heteroatoms. The number of nitrogens with zero attached hydrogens (tertiary/aromatic N) is 1. The second kappa shape index (κ2) is 40.5. The number of carboxylic acids is 6. The van der Waals surface area contributed by atoms with Gasteiger partial charge in [-0.1, -0.05) is 70.2 Å². The van der Waals surface area contributed by atoms with Gasteiger partial charge in [-0.05, 0) is 93.4 Å². The fourth-order valence-electron chi connectivity index (χ4n) is 10.2. The number of nitrogens with one attached hydrogen (secondary N) is 9. The minimum Gasteiger partial charge on any atom is -0.716 e. The van der Waals surface area contributed by atoms with Crippen molar-refractivity contribution in [2.45, 2.75) is 197 Å². The molecule has 0 spiro atoms. The summed E-state index contributed by atoms with van der Waals surface area (Å²) in [5, 5.41) is 78.6. The normalized spacial score (nSPS) is 15.8. The van der Waals surface area contributed by atoms with Crippen LogP contribution in [0.2, 0.25) is 0 Å². The Balaban J connectivity index is 1.99. The number of amides is 10. The van der Waals surface area contributed by atoms with Crippen molar-refractivity contribution in [1.82, 2.24) is 52.8 Å². The molecule has 2 aromatic carbocycles. The predicted molar refractivity (Wildman–Crippen MR) is 343 cm³/mol. The smallest absolute Gasteiger partial charge is 0.325 e. The van der Waals surface area contributed by atoms with E-state index in [1.165, 1.54) is 12.1 Å². The van der Waals surface area contributed by atoms with E-state index in [1.54, 1.807) is 58.0 Å². The summed E-state index contributed by atoms with van der Waals surface area (Å²) in [6.45, 7) is 7.58. The molecule has 0 saturated carbocycles. The number of benzene rings is 2. The van der Waals surface area contributed by atoms with Crippen LogP contribution >= 0.6 is 0 Å². The van der Waals surface area contributed by atoms with Crippen LogP contribution in [0.25, 0.3) is 0 Å². The van der Waals surface area contributed by atoms with Crippen LogP contribution in [-0.4, -0.2) is 216 Å². The zero-order chi connectivity index (χ0) is 75.3. The Morgan fingerprint density at radius 1 is 0.480 bits per heavy atom. The van der Waals surface area contributed by atoms with E-state index in [0.29, 0.717) is 5.56 Å². The first-order valence-corrected chi connectivity index (χ1v) is 33.0. The predicted octanol–water partition coefficient (Wildman–Crippen LogP) is -2.88. The van der Waals surface area contributed by atoms with Crippen LogP contribution in [0.1, 0.15) is 129 Å². The van der Waals surface area contributed by atoms with E-state index in [1.807, 2.05) is 0 Å². The van der Waals surface area contributed by atoms with E-state index < -0.39 is 248 Å². The summed E-state index contributed by atoms with van der Waals surface area (Å²) in [7, 11) is -5.25. The Kier molecular flexibility index (Phi) is 34.0. The molecular weight excluding hydrogens is 1350 g/mol. The molecule has 552 valence electrons. The summed E-state index contributed by atoms with van der Waals surface area (Å²) in [4.78, 5) is 213. The zero-order valence-electron chi connectivity index (χ0n) is 55.3. The number of likely N-dealkylation sites (tertiary alicyclic amines) is 1. The zero-order valence-corrected chi connectivity index (χ0v) is 56.1. The molecule has 37 nitrogen and oxygen atoms in total. The van der Waals surface area contributed by atoms with Gasteiger partial charge in [0.25, 0.3) is 10.4 Å². The summed E-state index contributed by atoms with van der Waals surface area (Å²) in [6, 6.07) is -5.99. The van der Waals surface area contributed by atoms with Gasteiger partial charge in [0.15, 0.2) is 0 Å². The highest BCUT2D eigenvalue weighted by atomic mass is 32.3. The van der Waals surface area contributed by atoms with Gasteiger partial charge in [0.1, 0.15) is 66.2 Å². The molecule has 0 radical (unpaired) electrons. The molecule has 2 aromatic rings. The Morgan fingerprint density at radius 2 is 0.840 bits per heavy atom. The van der Waals surface area contributed by atoms with Crippen LogP contribution in [0.4, 0.5) is 0 Å². The Labute approximate surface area is 573 Å². The number of carboxylic acid groups (broad SMARTS) is 6. The van der Waals surface area contributed by atoms with Crippen molar-refractivity contribution in [3.63, 3.8) is 0 Å². The van der Waals surface area contributed by atoms with E-state index in [2.05, 4.69) is 52.0 Å². The van der Waals surface area contributed by atoms with Crippen LogP contribution in [0.5, 0.6) is 5.75 Å². The number of rotatable bonds is 44. The van der Waals surface area contributed by atoms with Gasteiger partial charge in [-0.15, -0.1) is 0 Å². The number of carbonyl (C=O) groups is 16. The molecule has 3 rings (SSSR count). The van der Waals surface area contributed by atoms with Crippen LogP contribution in [-0.2, 0) is 100.0 Å². The maximum Gasteiger partial charge on any atom is 0.325 e. The van der Waals surface area contributed by atoms with Crippen molar-refractivity contribution in [1.29, 1.82) is 0 Å².